The average molecular weight is 383 g/mol. The van der Waals surface area contributed by atoms with Gasteiger partial charge in [0, 0.05) is 11.6 Å². The van der Waals surface area contributed by atoms with E-state index in [-0.39, 0.29) is 17.7 Å². The first kappa shape index (κ1) is 17.6. The fourth-order valence-electron chi connectivity index (χ4n) is 2.71. The molecule has 24 heavy (non-hydrogen) atoms. The van der Waals surface area contributed by atoms with Crippen molar-refractivity contribution in [1.29, 1.82) is 0 Å². The van der Waals surface area contributed by atoms with Crippen molar-refractivity contribution < 1.29 is 4.79 Å². The van der Waals surface area contributed by atoms with Gasteiger partial charge in [0.2, 0.25) is 5.91 Å². The standard InChI is InChI=1S/C19H18Cl3NO/c1-19(6-7-19)14-4-2-13(9-16(14)21)11-23-18(24)10-12-3-5-15(20)17(22)8-12/h2-5,8-9H,6-7,10-11H2,1H3,(H,23,24). The van der Waals surface area contributed by atoms with Crippen LogP contribution in [0.4, 0.5) is 0 Å². The summed E-state index contributed by atoms with van der Waals surface area (Å²) >= 11 is 18.2. The first-order valence-corrected chi connectivity index (χ1v) is 9.00. The van der Waals surface area contributed by atoms with E-state index in [4.69, 9.17) is 34.8 Å². The molecule has 2 aromatic rings. The molecular formula is C19H18Cl3NO. The van der Waals surface area contributed by atoms with E-state index in [1.54, 1.807) is 18.2 Å². The number of amides is 1. The largest absolute Gasteiger partial charge is 0.352 e. The highest BCUT2D eigenvalue weighted by molar-refractivity contribution is 6.42. The number of nitrogens with one attached hydrogen (secondary N) is 1. The molecular weight excluding hydrogens is 365 g/mol. The smallest absolute Gasteiger partial charge is 0.224 e. The van der Waals surface area contributed by atoms with Gasteiger partial charge in [-0.1, -0.05) is 59.9 Å². The molecule has 0 bridgehead atoms. The van der Waals surface area contributed by atoms with Gasteiger partial charge < -0.3 is 5.32 Å². The van der Waals surface area contributed by atoms with Crippen molar-refractivity contribution in [3.63, 3.8) is 0 Å². The number of benzene rings is 2. The van der Waals surface area contributed by atoms with Crippen LogP contribution in [0.25, 0.3) is 0 Å². The first-order chi connectivity index (χ1) is 11.4. The number of hydrogen-bond donors (Lipinski definition) is 1. The summed E-state index contributed by atoms with van der Waals surface area (Å²) in [5, 5.41) is 4.63. The lowest BCUT2D eigenvalue weighted by atomic mass is 9.97. The van der Waals surface area contributed by atoms with E-state index in [2.05, 4.69) is 18.3 Å². The third kappa shape index (κ3) is 4.05. The lowest BCUT2D eigenvalue weighted by Gasteiger charge is -2.13. The molecule has 126 valence electrons. The van der Waals surface area contributed by atoms with E-state index < -0.39 is 0 Å². The van der Waals surface area contributed by atoms with Crippen molar-refractivity contribution in [3.05, 3.63) is 68.2 Å². The molecule has 0 radical (unpaired) electrons. The predicted octanol–water partition coefficient (Wildman–Crippen LogP) is 5.56. The lowest BCUT2D eigenvalue weighted by Crippen LogP contribution is -2.24. The maximum Gasteiger partial charge on any atom is 0.224 e. The third-order valence-electron chi connectivity index (χ3n) is 4.52. The highest BCUT2D eigenvalue weighted by Crippen LogP contribution is 2.49. The molecule has 2 nitrogen and oxygen atoms in total. The molecule has 3 rings (SSSR count). The van der Waals surface area contributed by atoms with E-state index in [0.29, 0.717) is 16.6 Å². The summed E-state index contributed by atoms with van der Waals surface area (Å²) in [5.41, 5.74) is 3.27. The molecule has 2 aromatic carbocycles. The lowest BCUT2D eigenvalue weighted by molar-refractivity contribution is -0.120. The Balaban J connectivity index is 1.58. The molecule has 1 fully saturated rings. The zero-order valence-electron chi connectivity index (χ0n) is 13.3. The first-order valence-electron chi connectivity index (χ1n) is 7.87. The van der Waals surface area contributed by atoms with E-state index in [9.17, 15) is 4.79 Å². The van der Waals surface area contributed by atoms with Crippen molar-refractivity contribution in [1.82, 2.24) is 5.32 Å². The van der Waals surface area contributed by atoms with Gasteiger partial charge in [-0.3, -0.25) is 4.79 Å². The van der Waals surface area contributed by atoms with Crippen LogP contribution in [0.5, 0.6) is 0 Å². The molecule has 0 heterocycles. The number of carbonyl (C=O) groups excluding carboxylic acids is 1. The minimum Gasteiger partial charge on any atom is -0.352 e. The van der Waals surface area contributed by atoms with Crippen LogP contribution in [0.3, 0.4) is 0 Å². The molecule has 0 aromatic heterocycles. The molecule has 5 heteroatoms. The molecule has 1 amide bonds. The van der Waals surface area contributed by atoms with Gasteiger partial charge in [-0.25, -0.2) is 0 Å². The van der Waals surface area contributed by atoms with Gasteiger partial charge in [0.05, 0.1) is 16.5 Å². The van der Waals surface area contributed by atoms with Crippen LogP contribution in [0, 0.1) is 0 Å². The number of carbonyl (C=O) groups is 1. The van der Waals surface area contributed by atoms with E-state index in [1.807, 2.05) is 12.1 Å². The Morgan fingerprint density at radius 3 is 2.29 bits per heavy atom. The summed E-state index contributed by atoms with van der Waals surface area (Å²) in [6, 6.07) is 11.3. The minimum atomic E-state index is -0.0669. The van der Waals surface area contributed by atoms with E-state index in [0.717, 1.165) is 16.1 Å². The number of halogens is 3. The van der Waals surface area contributed by atoms with Gasteiger partial charge in [-0.05, 0) is 53.1 Å². The molecule has 1 saturated carbocycles. The number of rotatable bonds is 5. The Morgan fingerprint density at radius 1 is 1.00 bits per heavy atom. The Hall–Kier alpha value is -1.22. The fraction of sp³-hybridized carbons (Fsp3) is 0.316. The SMILES string of the molecule is CC1(c2ccc(CNC(=O)Cc3ccc(Cl)c(Cl)c3)cc2Cl)CC1. The Kier molecular flexibility index (Phi) is 5.10. The molecule has 0 saturated heterocycles. The monoisotopic (exact) mass is 381 g/mol. The minimum absolute atomic E-state index is 0.0669. The second-order valence-corrected chi connectivity index (χ2v) is 7.80. The van der Waals surface area contributed by atoms with Crippen molar-refractivity contribution in [2.24, 2.45) is 0 Å². The second-order valence-electron chi connectivity index (χ2n) is 6.58. The van der Waals surface area contributed by atoms with Gasteiger partial charge >= 0.3 is 0 Å². The van der Waals surface area contributed by atoms with E-state index >= 15 is 0 Å². The number of hydrogen-bond acceptors (Lipinski definition) is 1. The van der Waals surface area contributed by atoms with Gasteiger partial charge in [0.15, 0.2) is 0 Å². The molecule has 0 spiro atoms. The highest BCUT2D eigenvalue weighted by Gasteiger charge is 2.40. The molecule has 1 aliphatic carbocycles. The van der Waals surface area contributed by atoms with Crippen LogP contribution < -0.4 is 5.32 Å². The summed E-state index contributed by atoms with van der Waals surface area (Å²) < 4.78 is 0. The zero-order chi connectivity index (χ0) is 17.3. The summed E-state index contributed by atoms with van der Waals surface area (Å²) in [6.45, 7) is 2.68. The van der Waals surface area contributed by atoms with Gasteiger partial charge in [-0.15, -0.1) is 0 Å². The molecule has 1 N–H and O–H groups in total. The Labute approximate surface area is 157 Å². The maximum atomic E-state index is 12.1. The van der Waals surface area contributed by atoms with Crippen LogP contribution >= 0.6 is 34.8 Å². The van der Waals surface area contributed by atoms with Crippen molar-refractivity contribution >= 4 is 40.7 Å². The third-order valence-corrected chi connectivity index (χ3v) is 5.57. The van der Waals surface area contributed by atoms with Crippen LogP contribution in [0.2, 0.25) is 15.1 Å². The summed E-state index contributed by atoms with van der Waals surface area (Å²) in [6.07, 6.45) is 2.64. The molecule has 0 aliphatic heterocycles. The van der Waals surface area contributed by atoms with Gasteiger partial charge in [0.25, 0.3) is 0 Å². The molecule has 1 aliphatic rings. The summed E-state index contributed by atoms with van der Waals surface area (Å²) in [4.78, 5) is 12.1. The predicted molar refractivity (Wildman–Crippen MR) is 100 cm³/mol. The fourth-order valence-corrected chi connectivity index (χ4v) is 3.46. The molecule has 0 unspecified atom stereocenters. The quantitative estimate of drug-likeness (QED) is 0.721. The summed E-state index contributed by atoms with van der Waals surface area (Å²) in [7, 11) is 0. The van der Waals surface area contributed by atoms with E-state index in [1.165, 1.54) is 18.4 Å². The molecule has 0 atom stereocenters. The summed E-state index contributed by atoms with van der Waals surface area (Å²) in [5.74, 6) is -0.0669. The highest BCUT2D eigenvalue weighted by atomic mass is 35.5. The van der Waals surface area contributed by atoms with Crippen molar-refractivity contribution in [2.75, 3.05) is 0 Å². The average Bonchev–Trinajstić information content (AvgIpc) is 3.27. The Bertz CT molecular complexity index is 784. The van der Waals surface area contributed by atoms with Gasteiger partial charge in [-0.2, -0.15) is 0 Å². The zero-order valence-corrected chi connectivity index (χ0v) is 15.6. The van der Waals surface area contributed by atoms with Crippen LogP contribution in [-0.4, -0.2) is 5.91 Å². The van der Waals surface area contributed by atoms with Crippen LogP contribution in [-0.2, 0) is 23.2 Å². The van der Waals surface area contributed by atoms with Crippen molar-refractivity contribution in [2.45, 2.75) is 38.1 Å². The normalized spacial score (nSPS) is 15.2. The van der Waals surface area contributed by atoms with Gasteiger partial charge in [0.1, 0.15) is 0 Å². The Morgan fingerprint density at radius 2 is 1.67 bits per heavy atom. The maximum absolute atomic E-state index is 12.1. The van der Waals surface area contributed by atoms with Crippen molar-refractivity contribution in [3.8, 4) is 0 Å². The second kappa shape index (κ2) is 6.95. The topological polar surface area (TPSA) is 29.1 Å². The van der Waals surface area contributed by atoms with Crippen LogP contribution in [0.15, 0.2) is 36.4 Å². The van der Waals surface area contributed by atoms with Crippen LogP contribution in [0.1, 0.15) is 36.5 Å².